The molecule has 0 aromatic heterocycles. The predicted molar refractivity (Wildman–Crippen MR) is 122 cm³/mol. The summed E-state index contributed by atoms with van der Waals surface area (Å²) in [6.07, 6.45) is 1.12. The number of methoxy groups -OCH3 is 1. The highest BCUT2D eigenvalue weighted by Crippen LogP contribution is 2.23. The third-order valence-electron chi connectivity index (χ3n) is 5.95. The number of rotatable bonds is 8. The number of ether oxygens (including phenoxy) is 1. The lowest BCUT2D eigenvalue weighted by molar-refractivity contribution is -0.124. The SMILES string of the molecule is COCCNC(=O)[C@H](NC(=O)c1ccccc1C)C1CCN(C(=O)c2ccc(F)cc2)CC1. The normalized spacial score (nSPS) is 15.1. The van der Waals surface area contributed by atoms with Gasteiger partial charge in [0.25, 0.3) is 11.8 Å². The van der Waals surface area contributed by atoms with E-state index in [1.165, 1.54) is 24.3 Å². The summed E-state index contributed by atoms with van der Waals surface area (Å²) >= 11 is 0. The molecule has 0 bridgehead atoms. The minimum Gasteiger partial charge on any atom is -0.383 e. The lowest BCUT2D eigenvalue weighted by atomic mass is 9.88. The number of nitrogens with zero attached hydrogens (tertiary/aromatic N) is 1. The average Bonchev–Trinajstić information content (AvgIpc) is 2.83. The second-order valence-electron chi connectivity index (χ2n) is 8.19. The maximum absolute atomic E-state index is 13.2. The Morgan fingerprint density at radius 1 is 1.09 bits per heavy atom. The van der Waals surface area contributed by atoms with Crippen LogP contribution < -0.4 is 10.6 Å². The smallest absolute Gasteiger partial charge is 0.253 e. The predicted octanol–water partition coefficient (Wildman–Crippen LogP) is 2.55. The van der Waals surface area contributed by atoms with Gasteiger partial charge in [0.2, 0.25) is 5.91 Å². The number of aryl methyl sites for hydroxylation is 1. The van der Waals surface area contributed by atoms with Crippen LogP contribution in [0.5, 0.6) is 0 Å². The van der Waals surface area contributed by atoms with Gasteiger partial charge in [-0.1, -0.05) is 18.2 Å². The Kier molecular flexibility index (Phi) is 8.54. The van der Waals surface area contributed by atoms with Crippen LogP contribution in [0.2, 0.25) is 0 Å². The molecule has 1 saturated heterocycles. The standard InChI is InChI=1S/C25H30FN3O4/c1-17-5-3-4-6-21(17)23(30)28-22(24(31)27-13-16-33-2)18-11-14-29(15-12-18)25(32)19-7-9-20(26)10-8-19/h3-10,18,22H,11-16H2,1-2H3,(H,27,31)(H,28,30)/t22-/m1/s1. The molecule has 1 aliphatic heterocycles. The van der Waals surface area contributed by atoms with E-state index in [9.17, 15) is 18.8 Å². The molecule has 0 aliphatic carbocycles. The van der Waals surface area contributed by atoms with E-state index in [1.54, 1.807) is 24.1 Å². The first-order valence-electron chi connectivity index (χ1n) is 11.1. The Labute approximate surface area is 193 Å². The van der Waals surface area contributed by atoms with Gasteiger partial charge in [0.05, 0.1) is 6.61 Å². The van der Waals surface area contributed by atoms with Crippen LogP contribution >= 0.6 is 0 Å². The van der Waals surface area contributed by atoms with Crippen molar-refractivity contribution in [3.63, 3.8) is 0 Å². The van der Waals surface area contributed by atoms with E-state index in [2.05, 4.69) is 10.6 Å². The molecule has 2 aromatic carbocycles. The van der Waals surface area contributed by atoms with E-state index in [0.29, 0.717) is 50.2 Å². The Morgan fingerprint density at radius 2 is 1.76 bits per heavy atom. The minimum absolute atomic E-state index is 0.127. The van der Waals surface area contributed by atoms with Crippen LogP contribution in [0, 0.1) is 18.7 Å². The van der Waals surface area contributed by atoms with Crippen molar-refractivity contribution >= 4 is 17.7 Å². The molecule has 0 saturated carbocycles. The molecule has 176 valence electrons. The van der Waals surface area contributed by atoms with Gasteiger partial charge in [-0.25, -0.2) is 4.39 Å². The first-order valence-corrected chi connectivity index (χ1v) is 11.1. The van der Waals surface area contributed by atoms with Gasteiger partial charge in [-0.2, -0.15) is 0 Å². The highest BCUT2D eigenvalue weighted by Gasteiger charge is 2.34. The summed E-state index contributed by atoms with van der Waals surface area (Å²) in [6.45, 7) is 3.46. The Balaban J connectivity index is 1.68. The lowest BCUT2D eigenvalue weighted by Gasteiger charge is -2.36. The summed E-state index contributed by atoms with van der Waals surface area (Å²) in [6, 6.07) is 12.0. The Bertz CT molecular complexity index is 972. The largest absolute Gasteiger partial charge is 0.383 e. The first kappa shape index (κ1) is 24.4. The molecule has 33 heavy (non-hydrogen) atoms. The van der Waals surface area contributed by atoms with Crippen LogP contribution in [0.1, 0.15) is 39.1 Å². The molecule has 7 nitrogen and oxygen atoms in total. The third kappa shape index (κ3) is 6.38. The topological polar surface area (TPSA) is 87.7 Å². The number of hydrogen-bond acceptors (Lipinski definition) is 4. The fourth-order valence-electron chi connectivity index (χ4n) is 4.04. The van der Waals surface area contributed by atoms with E-state index in [1.807, 2.05) is 19.1 Å². The van der Waals surface area contributed by atoms with Crippen molar-refractivity contribution in [2.24, 2.45) is 5.92 Å². The molecular weight excluding hydrogens is 425 g/mol. The van der Waals surface area contributed by atoms with Gasteiger partial charge in [0.1, 0.15) is 11.9 Å². The van der Waals surface area contributed by atoms with Crippen molar-refractivity contribution in [1.29, 1.82) is 0 Å². The minimum atomic E-state index is -0.725. The van der Waals surface area contributed by atoms with Crippen LogP contribution in [0.15, 0.2) is 48.5 Å². The zero-order valence-electron chi connectivity index (χ0n) is 19.0. The molecule has 1 aliphatic rings. The molecule has 1 atom stereocenters. The summed E-state index contributed by atoms with van der Waals surface area (Å²) in [4.78, 5) is 40.3. The second kappa shape index (κ2) is 11.6. The van der Waals surface area contributed by atoms with E-state index >= 15 is 0 Å². The fraction of sp³-hybridized carbons (Fsp3) is 0.400. The number of halogens is 1. The summed E-state index contributed by atoms with van der Waals surface area (Å²) in [5.74, 6) is -1.25. The average molecular weight is 456 g/mol. The van der Waals surface area contributed by atoms with Crippen molar-refractivity contribution < 1.29 is 23.5 Å². The molecule has 1 fully saturated rings. The van der Waals surface area contributed by atoms with E-state index in [0.717, 1.165) is 5.56 Å². The Hall–Kier alpha value is -3.26. The van der Waals surface area contributed by atoms with Crippen LogP contribution in [-0.4, -0.2) is 62.0 Å². The van der Waals surface area contributed by atoms with Crippen molar-refractivity contribution in [3.8, 4) is 0 Å². The van der Waals surface area contributed by atoms with Gasteiger partial charge < -0.3 is 20.3 Å². The van der Waals surface area contributed by atoms with Gasteiger partial charge in [-0.15, -0.1) is 0 Å². The van der Waals surface area contributed by atoms with Crippen molar-refractivity contribution in [2.45, 2.75) is 25.8 Å². The number of amides is 3. The summed E-state index contributed by atoms with van der Waals surface area (Å²) < 4.78 is 18.2. The first-order chi connectivity index (χ1) is 15.9. The highest BCUT2D eigenvalue weighted by atomic mass is 19.1. The van der Waals surface area contributed by atoms with Gasteiger partial charge in [-0.05, 0) is 61.6 Å². The zero-order valence-corrected chi connectivity index (χ0v) is 19.0. The van der Waals surface area contributed by atoms with E-state index in [-0.39, 0.29) is 23.6 Å². The van der Waals surface area contributed by atoms with E-state index < -0.39 is 11.9 Å². The maximum atomic E-state index is 13.2. The maximum Gasteiger partial charge on any atom is 0.253 e. The Morgan fingerprint density at radius 3 is 2.39 bits per heavy atom. The monoisotopic (exact) mass is 455 g/mol. The number of piperidine rings is 1. The lowest BCUT2D eigenvalue weighted by Crippen LogP contribution is -2.54. The van der Waals surface area contributed by atoms with Gasteiger partial charge in [0.15, 0.2) is 0 Å². The molecule has 3 amide bonds. The summed E-state index contributed by atoms with van der Waals surface area (Å²) in [5.41, 5.74) is 1.78. The van der Waals surface area contributed by atoms with Gasteiger partial charge in [-0.3, -0.25) is 14.4 Å². The van der Waals surface area contributed by atoms with Crippen molar-refractivity contribution in [1.82, 2.24) is 15.5 Å². The van der Waals surface area contributed by atoms with Crippen LogP contribution in [-0.2, 0) is 9.53 Å². The quantitative estimate of drug-likeness (QED) is 0.599. The molecule has 1 heterocycles. The molecule has 3 rings (SSSR count). The molecular formula is C25H30FN3O4. The van der Waals surface area contributed by atoms with Crippen LogP contribution in [0.4, 0.5) is 4.39 Å². The number of nitrogens with one attached hydrogen (secondary N) is 2. The van der Waals surface area contributed by atoms with Gasteiger partial charge in [0, 0.05) is 37.9 Å². The molecule has 0 radical (unpaired) electrons. The fourth-order valence-corrected chi connectivity index (χ4v) is 4.04. The molecule has 2 N–H and O–H groups in total. The van der Waals surface area contributed by atoms with E-state index in [4.69, 9.17) is 4.74 Å². The van der Waals surface area contributed by atoms with Crippen LogP contribution in [0.25, 0.3) is 0 Å². The molecule has 0 spiro atoms. The summed E-state index contributed by atoms with van der Waals surface area (Å²) in [5, 5.41) is 5.74. The second-order valence-corrected chi connectivity index (χ2v) is 8.19. The van der Waals surface area contributed by atoms with Crippen molar-refractivity contribution in [2.75, 3.05) is 33.4 Å². The number of carbonyl (C=O) groups is 3. The zero-order chi connectivity index (χ0) is 23.8. The number of benzene rings is 2. The summed E-state index contributed by atoms with van der Waals surface area (Å²) in [7, 11) is 1.55. The van der Waals surface area contributed by atoms with Crippen molar-refractivity contribution in [3.05, 3.63) is 71.0 Å². The molecule has 2 aromatic rings. The number of carbonyl (C=O) groups excluding carboxylic acids is 3. The third-order valence-corrected chi connectivity index (χ3v) is 5.95. The number of hydrogen-bond donors (Lipinski definition) is 2. The molecule has 8 heteroatoms. The van der Waals surface area contributed by atoms with Crippen LogP contribution in [0.3, 0.4) is 0 Å². The van der Waals surface area contributed by atoms with Gasteiger partial charge >= 0.3 is 0 Å². The molecule has 0 unspecified atom stereocenters. The highest BCUT2D eigenvalue weighted by molar-refractivity contribution is 5.98. The number of likely N-dealkylation sites (tertiary alicyclic amines) is 1.